The lowest BCUT2D eigenvalue weighted by Gasteiger charge is -2.13. The first-order chi connectivity index (χ1) is 9.52. The fourth-order valence-corrected chi connectivity index (χ4v) is 2.74. The molecule has 1 N–H and O–H groups in total. The van der Waals surface area contributed by atoms with Crippen molar-refractivity contribution in [1.82, 2.24) is 15.0 Å². The zero-order valence-corrected chi connectivity index (χ0v) is 13.5. The Kier molecular flexibility index (Phi) is 4.83. The number of pyridine rings is 1. The van der Waals surface area contributed by atoms with Crippen LogP contribution in [0.3, 0.4) is 0 Å². The number of hydrogen-bond acceptors (Lipinski definition) is 5. The van der Waals surface area contributed by atoms with Gasteiger partial charge in [0.25, 0.3) is 0 Å². The highest BCUT2D eigenvalue weighted by molar-refractivity contribution is 7.99. The van der Waals surface area contributed by atoms with Crippen LogP contribution in [0.2, 0.25) is 5.02 Å². The Morgan fingerprint density at radius 3 is 2.60 bits per heavy atom. The maximum atomic E-state index is 6.16. The van der Waals surface area contributed by atoms with Gasteiger partial charge in [0, 0.05) is 24.7 Å². The van der Waals surface area contributed by atoms with Crippen molar-refractivity contribution in [3.05, 3.63) is 34.7 Å². The Morgan fingerprint density at radius 2 is 2.00 bits per heavy atom. The lowest BCUT2D eigenvalue weighted by Crippen LogP contribution is -2.06. The first-order valence-electron chi connectivity index (χ1n) is 6.37. The number of aromatic nitrogens is 3. The molecule has 0 atom stereocenters. The summed E-state index contributed by atoms with van der Waals surface area (Å²) in [6.07, 6.45) is 1.73. The minimum atomic E-state index is 0.265. The van der Waals surface area contributed by atoms with Crippen LogP contribution < -0.4 is 5.32 Å². The molecule has 0 aliphatic rings. The smallest absolute Gasteiger partial charge is 0.134 e. The zero-order valence-electron chi connectivity index (χ0n) is 11.9. The van der Waals surface area contributed by atoms with E-state index in [1.165, 1.54) is 11.8 Å². The molecule has 20 heavy (non-hydrogen) atoms. The molecule has 0 aromatic carbocycles. The monoisotopic (exact) mass is 308 g/mol. The molecule has 0 bridgehead atoms. The van der Waals surface area contributed by atoms with E-state index in [1.807, 2.05) is 26.1 Å². The molecule has 0 aliphatic heterocycles. The Balaban J connectivity index is 2.45. The predicted molar refractivity (Wildman–Crippen MR) is 83.8 cm³/mol. The highest BCUT2D eigenvalue weighted by Gasteiger charge is 2.15. The first kappa shape index (κ1) is 15.1. The highest BCUT2D eigenvalue weighted by atomic mass is 35.5. The van der Waals surface area contributed by atoms with Crippen LogP contribution in [-0.2, 0) is 0 Å². The molecule has 4 nitrogen and oxygen atoms in total. The van der Waals surface area contributed by atoms with Gasteiger partial charge in [0.1, 0.15) is 21.7 Å². The maximum Gasteiger partial charge on any atom is 0.134 e. The topological polar surface area (TPSA) is 50.7 Å². The normalized spacial score (nSPS) is 10.9. The lowest BCUT2D eigenvalue weighted by molar-refractivity contribution is 0.749. The van der Waals surface area contributed by atoms with E-state index in [4.69, 9.17) is 11.6 Å². The summed E-state index contributed by atoms with van der Waals surface area (Å²) in [7, 11) is 1.86. The van der Waals surface area contributed by atoms with E-state index < -0.39 is 0 Å². The van der Waals surface area contributed by atoms with Gasteiger partial charge in [-0.25, -0.2) is 15.0 Å². The molecule has 0 saturated carbocycles. The van der Waals surface area contributed by atoms with Gasteiger partial charge in [-0.1, -0.05) is 25.4 Å². The minimum absolute atomic E-state index is 0.265. The van der Waals surface area contributed by atoms with Gasteiger partial charge in [-0.2, -0.15) is 0 Å². The molecule has 2 rings (SSSR count). The van der Waals surface area contributed by atoms with Crippen LogP contribution in [0, 0.1) is 6.92 Å². The third-order valence-electron chi connectivity index (χ3n) is 2.79. The summed E-state index contributed by atoms with van der Waals surface area (Å²) in [6, 6.07) is 3.65. The molecule has 2 aromatic rings. The van der Waals surface area contributed by atoms with Crippen molar-refractivity contribution in [2.45, 2.75) is 36.7 Å². The van der Waals surface area contributed by atoms with Crippen molar-refractivity contribution in [2.75, 3.05) is 12.4 Å². The third-order valence-corrected chi connectivity index (χ3v) is 4.32. The number of anilines is 1. The van der Waals surface area contributed by atoms with Crippen LogP contribution in [0.1, 0.15) is 31.2 Å². The second kappa shape index (κ2) is 6.41. The van der Waals surface area contributed by atoms with Gasteiger partial charge >= 0.3 is 0 Å². The molecule has 0 spiro atoms. The molecule has 2 heterocycles. The maximum absolute atomic E-state index is 6.16. The highest BCUT2D eigenvalue weighted by Crippen LogP contribution is 2.34. The standard InChI is InChI=1S/C14H17ClN4S/c1-8(2)11-18-12(16-4)9(3)13(19-11)20-14-10(15)6-5-7-17-14/h5-8H,1-4H3,(H,16,18,19). The average Bonchev–Trinajstić information content (AvgIpc) is 2.43. The zero-order chi connectivity index (χ0) is 14.7. The molecular weight excluding hydrogens is 292 g/mol. The number of nitrogens with zero attached hydrogens (tertiary/aromatic N) is 3. The third kappa shape index (κ3) is 3.22. The Bertz CT molecular complexity index is 616. The van der Waals surface area contributed by atoms with Gasteiger partial charge in [0.2, 0.25) is 0 Å². The quantitative estimate of drug-likeness (QED) is 0.860. The van der Waals surface area contributed by atoms with Crippen molar-refractivity contribution >= 4 is 29.2 Å². The molecule has 2 aromatic heterocycles. The summed E-state index contributed by atoms with van der Waals surface area (Å²) in [5.41, 5.74) is 1.00. The van der Waals surface area contributed by atoms with E-state index in [9.17, 15) is 0 Å². The molecule has 106 valence electrons. The van der Waals surface area contributed by atoms with Crippen molar-refractivity contribution < 1.29 is 0 Å². The predicted octanol–water partition coefficient (Wildman–Crippen LogP) is 4.15. The van der Waals surface area contributed by atoms with Crippen LogP contribution in [0.5, 0.6) is 0 Å². The van der Waals surface area contributed by atoms with E-state index in [0.717, 1.165) is 27.3 Å². The van der Waals surface area contributed by atoms with Crippen LogP contribution in [-0.4, -0.2) is 22.0 Å². The molecule has 0 unspecified atom stereocenters. The summed E-state index contributed by atoms with van der Waals surface area (Å²) in [6.45, 7) is 6.15. The van der Waals surface area contributed by atoms with Gasteiger partial charge in [0.15, 0.2) is 0 Å². The summed E-state index contributed by atoms with van der Waals surface area (Å²) in [4.78, 5) is 13.5. The number of halogens is 1. The Labute approximate surface area is 128 Å². The number of rotatable bonds is 4. The Morgan fingerprint density at radius 1 is 1.25 bits per heavy atom. The largest absolute Gasteiger partial charge is 0.373 e. The summed E-state index contributed by atoms with van der Waals surface area (Å²) in [5, 5.41) is 5.39. The summed E-state index contributed by atoms with van der Waals surface area (Å²) in [5.74, 6) is 1.93. The number of hydrogen-bond donors (Lipinski definition) is 1. The molecule has 6 heteroatoms. The van der Waals surface area contributed by atoms with Crippen LogP contribution >= 0.6 is 23.4 Å². The molecule has 0 fully saturated rings. The fourth-order valence-electron chi connectivity index (χ4n) is 1.65. The molecule has 0 saturated heterocycles. The summed E-state index contributed by atoms with van der Waals surface area (Å²) < 4.78 is 0. The first-order valence-corrected chi connectivity index (χ1v) is 7.57. The van der Waals surface area contributed by atoms with Gasteiger partial charge < -0.3 is 5.32 Å². The van der Waals surface area contributed by atoms with Crippen molar-refractivity contribution in [2.24, 2.45) is 0 Å². The Hall–Kier alpha value is -1.33. The van der Waals surface area contributed by atoms with Gasteiger partial charge in [-0.15, -0.1) is 0 Å². The van der Waals surface area contributed by atoms with Gasteiger partial charge in [0.05, 0.1) is 5.02 Å². The van der Waals surface area contributed by atoms with E-state index in [0.29, 0.717) is 5.02 Å². The van der Waals surface area contributed by atoms with E-state index >= 15 is 0 Å². The fraction of sp³-hybridized carbons (Fsp3) is 0.357. The second-order valence-corrected chi connectivity index (χ2v) is 6.04. The molecular formula is C14H17ClN4S. The average molecular weight is 309 g/mol. The SMILES string of the molecule is CNc1nc(C(C)C)nc(Sc2ncccc2Cl)c1C. The minimum Gasteiger partial charge on any atom is -0.373 e. The molecule has 0 amide bonds. The molecule has 0 radical (unpaired) electrons. The second-order valence-electron chi connectivity index (χ2n) is 4.66. The van der Waals surface area contributed by atoms with Gasteiger partial charge in [-0.05, 0) is 30.8 Å². The van der Waals surface area contributed by atoms with E-state index in [-0.39, 0.29) is 5.92 Å². The molecule has 0 aliphatic carbocycles. The lowest BCUT2D eigenvalue weighted by atomic mass is 10.2. The van der Waals surface area contributed by atoms with E-state index in [2.05, 4.69) is 34.1 Å². The number of nitrogens with one attached hydrogen (secondary N) is 1. The van der Waals surface area contributed by atoms with Crippen molar-refractivity contribution in [3.63, 3.8) is 0 Å². The van der Waals surface area contributed by atoms with Crippen LogP contribution in [0.4, 0.5) is 5.82 Å². The summed E-state index contributed by atoms with van der Waals surface area (Å²) >= 11 is 7.63. The van der Waals surface area contributed by atoms with Crippen molar-refractivity contribution in [3.8, 4) is 0 Å². The van der Waals surface area contributed by atoms with Crippen LogP contribution in [0.25, 0.3) is 0 Å². The van der Waals surface area contributed by atoms with Gasteiger partial charge in [-0.3, -0.25) is 0 Å². The van der Waals surface area contributed by atoms with E-state index in [1.54, 1.807) is 6.20 Å². The van der Waals surface area contributed by atoms with Crippen molar-refractivity contribution in [1.29, 1.82) is 0 Å². The van der Waals surface area contributed by atoms with Crippen LogP contribution in [0.15, 0.2) is 28.4 Å².